The zero-order valence-electron chi connectivity index (χ0n) is 15.5. The number of hydrogen-bond acceptors (Lipinski definition) is 3. The quantitative estimate of drug-likeness (QED) is 0.502. The summed E-state index contributed by atoms with van der Waals surface area (Å²) >= 11 is 0. The number of fused-ring (bicyclic) bond motifs is 1. The van der Waals surface area contributed by atoms with E-state index in [0.717, 1.165) is 22.0 Å². The maximum absolute atomic E-state index is 12.9. The van der Waals surface area contributed by atoms with Crippen molar-refractivity contribution in [2.24, 2.45) is 0 Å². The highest BCUT2D eigenvalue weighted by atomic mass is 32.2. The lowest BCUT2D eigenvalue weighted by atomic mass is 10.1. The molecule has 0 bridgehead atoms. The molecule has 4 rings (SSSR count). The van der Waals surface area contributed by atoms with E-state index in [0.29, 0.717) is 12.2 Å². The number of sulfonamides is 1. The molecular formula is C22H21N3O2S. The van der Waals surface area contributed by atoms with Crippen molar-refractivity contribution in [2.45, 2.75) is 24.3 Å². The van der Waals surface area contributed by atoms with E-state index < -0.39 is 16.1 Å². The molecule has 1 heterocycles. The molecule has 1 aromatic heterocycles. The van der Waals surface area contributed by atoms with E-state index in [4.69, 9.17) is 0 Å². The first-order valence-electron chi connectivity index (χ1n) is 9.18. The molecule has 0 aliphatic heterocycles. The maximum atomic E-state index is 12.9. The molecule has 28 heavy (non-hydrogen) atoms. The van der Waals surface area contributed by atoms with Gasteiger partial charge < -0.3 is 4.98 Å². The maximum Gasteiger partial charge on any atom is 0.241 e. The molecule has 2 N–H and O–H groups in total. The minimum atomic E-state index is -3.68. The van der Waals surface area contributed by atoms with Gasteiger partial charge in [0, 0.05) is 0 Å². The summed E-state index contributed by atoms with van der Waals surface area (Å²) < 4.78 is 28.7. The van der Waals surface area contributed by atoms with Gasteiger partial charge in [-0.15, -0.1) is 0 Å². The van der Waals surface area contributed by atoms with Gasteiger partial charge >= 0.3 is 0 Å². The van der Waals surface area contributed by atoms with Crippen LogP contribution in [-0.2, 0) is 10.0 Å². The van der Waals surface area contributed by atoms with Crippen LogP contribution in [0, 0.1) is 0 Å². The van der Waals surface area contributed by atoms with E-state index in [9.17, 15) is 8.42 Å². The Labute approximate surface area is 164 Å². The second kappa shape index (κ2) is 7.58. The minimum absolute atomic E-state index is 0.250. The van der Waals surface area contributed by atoms with Crippen LogP contribution < -0.4 is 4.72 Å². The first kappa shape index (κ1) is 18.4. The van der Waals surface area contributed by atoms with E-state index in [-0.39, 0.29) is 4.90 Å². The number of nitrogens with zero attached hydrogens (tertiary/aromatic N) is 1. The lowest BCUT2D eigenvalue weighted by Crippen LogP contribution is -2.29. The van der Waals surface area contributed by atoms with Gasteiger partial charge in [0.1, 0.15) is 5.82 Å². The molecule has 4 aromatic rings. The van der Waals surface area contributed by atoms with Crippen LogP contribution >= 0.6 is 0 Å². The summed E-state index contributed by atoms with van der Waals surface area (Å²) in [7, 11) is -3.68. The molecule has 0 radical (unpaired) electrons. The number of aromatic amines is 1. The molecule has 0 aliphatic rings. The van der Waals surface area contributed by atoms with Crippen LogP contribution in [0.25, 0.3) is 22.0 Å². The highest BCUT2D eigenvalue weighted by molar-refractivity contribution is 7.89. The Balaban J connectivity index is 1.61. The highest BCUT2D eigenvalue weighted by Crippen LogP contribution is 2.24. The van der Waals surface area contributed by atoms with Crippen molar-refractivity contribution in [1.29, 1.82) is 0 Å². The molecule has 0 fully saturated rings. The van der Waals surface area contributed by atoms with Crippen LogP contribution in [0.3, 0.4) is 0 Å². The van der Waals surface area contributed by atoms with Gasteiger partial charge in [-0.1, -0.05) is 67.6 Å². The van der Waals surface area contributed by atoms with E-state index in [1.807, 2.05) is 67.6 Å². The van der Waals surface area contributed by atoms with Crippen LogP contribution in [0.15, 0.2) is 83.9 Å². The van der Waals surface area contributed by atoms with Crippen LogP contribution in [0.4, 0.5) is 0 Å². The topological polar surface area (TPSA) is 74.8 Å². The molecule has 0 saturated heterocycles. The molecule has 1 atom stereocenters. The SMILES string of the molecule is CCC(NS(=O)(=O)c1ccc2ccccc2c1)c1ncc(-c2ccccc2)[nH]1. The number of H-pyrrole nitrogens is 1. The molecule has 0 spiro atoms. The van der Waals surface area contributed by atoms with E-state index >= 15 is 0 Å². The summed E-state index contributed by atoms with van der Waals surface area (Å²) in [6.45, 7) is 1.93. The van der Waals surface area contributed by atoms with Gasteiger partial charge in [-0.05, 0) is 34.9 Å². The van der Waals surface area contributed by atoms with Crippen LogP contribution in [0.2, 0.25) is 0 Å². The van der Waals surface area contributed by atoms with Gasteiger partial charge in [-0.3, -0.25) is 0 Å². The summed E-state index contributed by atoms with van der Waals surface area (Å²) in [5.74, 6) is 0.603. The molecule has 142 valence electrons. The number of nitrogens with one attached hydrogen (secondary N) is 2. The normalized spacial score (nSPS) is 12.9. The van der Waals surface area contributed by atoms with Crippen LogP contribution in [0.1, 0.15) is 25.2 Å². The first-order valence-corrected chi connectivity index (χ1v) is 10.7. The summed E-state index contributed by atoms with van der Waals surface area (Å²) in [5, 5.41) is 1.90. The van der Waals surface area contributed by atoms with Crippen molar-refractivity contribution in [3.63, 3.8) is 0 Å². The smallest absolute Gasteiger partial charge is 0.241 e. The number of aromatic nitrogens is 2. The predicted octanol–water partition coefficient (Wildman–Crippen LogP) is 4.66. The lowest BCUT2D eigenvalue weighted by Gasteiger charge is -2.15. The summed E-state index contributed by atoms with van der Waals surface area (Å²) in [6.07, 6.45) is 2.31. The predicted molar refractivity (Wildman–Crippen MR) is 111 cm³/mol. The molecule has 0 aliphatic carbocycles. The zero-order valence-corrected chi connectivity index (χ0v) is 16.3. The Morgan fingerprint density at radius 2 is 1.68 bits per heavy atom. The Bertz CT molecular complexity index is 1200. The second-order valence-corrected chi connectivity index (χ2v) is 8.35. The van der Waals surface area contributed by atoms with E-state index in [2.05, 4.69) is 14.7 Å². The minimum Gasteiger partial charge on any atom is -0.341 e. The summed E-state index contributed by atoms with van der Waals surface area (Å²) in [4.78, 5) is 7.90. The molecule has 0 saturated carbocycles. The number of hydrogen-bond donors (Lipinski definition) is 2. The largest absolute Gasteiger partial charge is 0.341 e. The molecule has 5 nitrogen and oxygen atoms in total. The monoisotopic (exact) mass is 391 g/mol. The van der Waals surface area contributed by atoms with Gasteiger partial charge in [-0.25, -0.2) is 18.1 Å². The average molecular weight is 391 g/mol. The Kier molecular flexibility index (Phi) is 4.98. The van der Waals surface area contributed by atoms with Gasteiger partial charge in [0.25, 0.3) is 0 Å². The van der Waals surface area contributed by atoms with Gasteiger partial charge in [0.15, 0.2) is 0 Å². The molecule has 0 amide bonds. The third-order valence-electron chi connectivity index (χ3n) is 4.75. The molecule has 6 heteroatoms. The first-order chi connectivity index (χ1) is 13.6. The Morgan fingerprint density at radius 3 is 2.43 bits per heavy atom. The second-order valence-electron chi connectivity index (χ2n) is 6.64. The van der Waals surface area contributed by atoms with Gasteiger partial charge in [0.2, 0.25) is 10.0 Å². The van der Waals surface area contributed by atoms with Crippen LogP contribution in [0.5, 0.6) is 0 Å². The lowest BCUT2D eigenvalue weighted by molar-refractivity contribution is 0.539. The Hall–Kier alpha value is -2.96. The molecular weight excluding hydrogens is 370 g/mol. The van der Waals surface area contributed by atoms with Crippen LogP contribution in [-0.4, -0.2) is 18.4 Å². The molecule has 3 aromatic carbocycles. The fourth-order valence-corrected chi connectivity index (χ4v) is 4.52. The van der Waals surface area contributed by atoms with Crippen molar-refractivity contribution in [3.8, 4) is 11.3 Å². The zero-order chi connectivity index (χ0) is 19.6. The standard InChI is InChI=1S/C22H21N3O2S/c1-2-20(22-23-15-21(24-22)17-9-4-3-5-10-17)25-28(26,27)19-13-12-16-8-6-7-11-18(16)14-19/h3-15,20,25H,2H2,1H3,(H,23,24). The van der Waals surface area contributed by atoms with E-state index in [1.54, 1.807) is 18.3 Å². The van der Waals surface area contributed by atoms with Crippen molar-refractivity contribution in [2.75, 3.05) is 0 Å². The van der Waals surface area contributed by atoms with Crippen molar-refractivity contribution >= 4 is 20.8 Å². The third kappa shape index (κ3) is 3.69. The number of imidazole rings is 1. The average Bonchev–Trinajstić information content (AvgIpc) is 3.22. The highest BCUT2D eigenvalue weighted by Gasteiger charge is 2.22. The van der Waals surface area contributed by atoms with Crippen molar-refractivity contribution < 1.29 is 8.42 Å². The van der Waals surface area contributed by atoms with E-state index in [1.165, 1.54) is 0 Å². The summed E-state index contributed by atoms with van der Waals surface area (Å²) in [5.41, 5.74) is 1.87. The fourth-order valence-electron chi connectivity index (χ4n) is 3.20. The summed E-state index contributed by atoms with van der Waals surface area (Å²) in [6, 6.07) is 22.2. The van der Waals surface area contributed by atoms with Crippen molar-refractivity contribution in [1.82, 2.24) is 14.7 Å². The third-order valence-corrected chi connectivity index (χ3v) is 6.22. The number of rotatable bonds is 6. The number of benzene rings is 3. The Morgan fingerprint density at radius 1 is 0.964 bits per heavy atom. The fraction of sp³-hybridized carbons (Fsp3) is 0.136. The van der Waals surface area contributed by atoms with Gasteiger partial charge in [-0.2, -0.15) is 0 Å². The van der Waals surface area contributed by atoms with Gasteiger partial charge in [0.05, 0.1) is 22.8 Å². The molecule has 1 unspecified atom stereocenters. The van der Waals surface area contributed by atoms with Crippen molar-refractivity contribution in [3.05, 3.63) is 84.8 Å².